The highest BCUT2D eigenvalue weighted by atomic mass is 35.5. The molecule has 3 aromatic rings. The van der Waals surface area contributed by atoms with Crippen LogP contribution in [0.3, 0.4) is 0 Å². The Morgan fingerprint density at radius 3 is 2.67 bits per heavy atom. The lowest BCUT2D eigenvalue weighted by Crippen LogP contribution is -2.57. The lowest BCUT2D eigenvalue weighted by molar-refractivity contribution is 0.0897. The number of hydrogen-bond donors (Lipinski definition) is 1. The van der Waals surface area contributed by atoms with Crippen molar-refractivity contribution in [2.75, 3.05) is 32.7 Å². The second kappa shape index (κ2) is 11.6. The van der Waals surface area contributed by atoms with Gasteiger partial charge in [0.25, 0.3) is 0 Å². The van der Waals surface area contributed by atoms with Crippen molar-refractivity contribution in [1.29, 1.82) is 0 Å². The summed E-state index contributed by atoms with van der Waals surface area (Å²) >= 11 is 12.5. The summed E-state index contributed by atoms with van der Waals surface area (Å²) in [5.41, 5.74) is 2.20. The van der Waals surface area contributed by atoms with Gasteiger partial charge in [-0.05, 0) is 49.9 Å². The number of benzene rings is 2. The lowest BCUT2D eigenvalue weighted by Gasteiger charge is -2.45. The average Bonchev–Trinajstić information content (AvgIpc) is 3.38. The Balaban J connectivity index is 1.19. The van der Waals surface area contributed by atoms with Crippen LogP contribution in [0.25, 0.3) is 11.4 Å². The average molecular weight is 528 g/mol. The Bertz CT molecular complexity index is 1170. The van der Waals surface area contributed by atoms with Crippen molar-refractivity contribution in [3.05, 3.63) is 70.5 Å². The summed E-state index contributed by atoms with van der Waals surface area (Å²) in [6.07, 6.45) is 5.61. The first-order valence-electron chi connectivity index (χ1n) is 12.8. The largest absolute Gasteiger partial charge is 0.325 e. The molecule has 3 heterocycles. The molecule has 0 bridgehead atoms. The van der Waals surface area contributed by atoms with Crippen molar-refractivity contribution < 1.29 is 4.79 Å². The number of hydrogen-bond acceptors (Lipinski definition) is 4. The first-order chi connectivity index (χ1) is 17.6. The molecule has 36 heavy (non-hydrogen) atoms. The van der Waals surface area contributed by atoms with Crippen molar-refractivity contribution >= 4 is 29.2 Å². The molecule has 1 N–H and O–H groups in total. The molecule has 0 saturated carbocycles. The van der Waals surface area contributed by atoms with Crippen molar-refractivity contribution in [2.45, 2.75) is 44.2 Å². The third-order valence-corrected chi connectivity index (χ3v) is 8.02. The van der Waals surface area contributed by atoms with Gasteiger partial charge in [0.05, 0.1) is 10.0 Å². The van der Waals surface area contributed by atoms with E-state index >= 15 is 0 Å². The number of halogens is 2. The molecular formula is C27H32Cl2N6O. The molecule has 2 amide bonds. The van der Waals surface area contributed by atoms with Gasteiger partial charge in [-0.25, -0.2) is 4.79 Å². The van der Waals surface area contributed by atoms with Crippen LogP contribution >= 0.6 is 23.2 Å². The molecular weight excluding hydrogens is 495 g/mol. The molecule has 9 heteroatoms. The van der Waals surface area contributed by atoms with Crippen molar-refractivity contribution in [1.82, 2.24) is 29.9 Å². The topological polar surface area (TPSA) is 66.3 Å². The van der Waals surface area contributed by atoms with Gasteiger partial charge in [-0.15, -0.1) is 10.2 Å². The second-order valence-corrected chi connectivity index (χ2v) is 10.4. The van der Waals surface area contributed by atoms with Crippen LogP contribution in [0.5, 0.6) is 0 Å². The Kier molecular flexibility index (Phi) is 8.09. The maximum absolute atomic E-state index is 13.5. The van der Waals surface area contributed by atoms with Crippen LogP contribution in [0, 0.1) is 0 Å². The summed E-state index contributed by atoms with van der Waals surface area (Å²) in [6.45, 7) is 4.96. The summed E-state index contributed by atoms with van der Waals surface area (Å²) in [5.74, 6) is 1.08. The quantitative estimate of drug-likeness (QED) is 0.404. The van der Waals surface area contributed by atoms with E-state index in [4.69, 9.17) is 23.2 Å². The smallest absolute Gasteiger partial charge is 0.320 e. The van der Waals surface area contributed by atoms with Crippen LogP contribution in [-0.2, 0) is 6.54 Å². The van der Waals surface area contributed by atoms with Gasteiger partial charge in [0.15, 0.2) is 5.82 Å². The van der Waals surface area contributed by atoms with Gasteiger partial charge in [0, 0.05) is 50.2 Å². The Morgan fingerprint density at radius 2 is 1.83 bits per heavy atom. The first kappa shape index (κ1) is 25.1. The molecule has 2 atom stereocenters. The van der Waals surface area contributed by atoms with Crippen LogP contribution in [0.15, 0.2) is 54.9 Å². The molecule has 2 aromatic carbocycles. The number of amides is 2. The van der Waals surface area contributed by atoms with E-state index in [1.54, 1.807) is 6.33 Å². The normalized spacial score (nSPS) is 20.7. The molecule has 0 radical (unpaired) electrons. The van der Waals surface area contributed by atoms with Crippen LogP contribution < -0.4 is 5.32 Å². The summed E-state index contributed by atoms with van der Waals surface area (Å²) in [6, 6.07) is 16.3. The van der Waals surface area contributed by atoms with Crippen molar-refractivity contribution in [2.24, 2.45) is 0 Å². The molecule has 2 unspecified atom stereocenters. The summed E-state index contributed by atoms with van der Waals surface area (Å²) in [5, 5.41) is 13.0. The monoisotopic (exact) mass is 526 g/mol. The predicted octanol–water partition coefficient (Wildman–Crippen LogP) is 5.31. The van der Waals surface area contributed by atoms with Crippen LogP contribution in [0.1, 0.15) is 37.2 Å². The Labute approximate surface area is 222 Å². The van der Waals surface area contributed by atoms with Crippen LogP contribution in [0.4, 0.5) is 4.79 Å². The predicted molar refractivity (Wildman–Crippen MR) is 143 cm³/mol. The minimum absolute atomic E-state index is 0.157. The molecule has 1 aromatic heterocycles. The second-order valence-electron chi connectivity index (χ2n) is 9.58. The molecule has 0 spiro atoms. The number of carbonyl (C=O) groups excluding carboxylic acids is 1. The molecule has 0 aliphatic carbocycles. The van der Waals surface area contributed by atoms with Gasteiger partial charge in [-0.3, -0.25) is 0 Å². The van der Waals surface area contributed by atoms with Crippen molar-refractivity contribution in [3.63, 3.8) is 0 Å². The third kappa shape index (κ3) is 5.53. The molecule has 5 rings (SSSR count). The number of piperidine rings is 1. The van der Waals surface area contributed by atoms with E-state index in [1.165, 1.54) is 0 Å². The van der Waals surface area contributed by atoms with E-state index in [0.29, 0.717) is 10.0 Å². The number of rotatable bonds is 8. The summed E-state index contributed by atoms with van der Waals surface area (Å²) in [4.78, 5) is 17.7. The number of nitrogens with one attached hydrogen (secondary N) is 1. The highest BCUT2D eigenvalue weighted by Gasteiger charge is 2.37. The number of carbonyl (C=O) groups is 1. The first-order valence-corrected chi connectivity index (χ1v) is 13.5. The van der Waals surface area contributed by atoms with Crippen molar-refractivity contribution in [3.8, 4) is 11.4 Å². The number of unbranched alkanes of at least 4 members (excludes halogenated alkanes) is 1. The minimum Gasteiger partial charge on any atom is -0.325 e. The fourth-order valence-electron chi connectivity index (χ4n) is 5.43. The van der Waals surface area contributed by atoms with Gasteiger partial charge >= 0.3 is 6.03 Å². The van der Waals surface area contributed by atoms with E-state index in [0.717, 1.165) is 81.9 Å². The van der Waals surface area contributed by atoms with E-state index in [2.05, 4.69) is 25.0 Å². The van der Waals surface area contributed by atoms with Crippen LogP contribution in [0.2, 0.25) is 10.0 Å². The molecule has 2 fully saturated rings. The van der Waals surface area contributed by atoms with E-state index in [1.807, 2.05) is 53.4 Å². The maximum atomic E-state index is 13.5. The fourth-order valence-corrected chi connectivity index (χ4v) is 5.74. The zero-order chi connectivity index (χ0) is 24.9. The van der Waals surface area contributed by atoms with Gasteiger partial charge in [0.2, 0.25) is 0 Å². The molecule has 2 aliphatic heterocycles. The van der Waals surface area contributed by atoms with Crippen LogP contribution in [-0.4, -0.2) is 69.4 Å². The fraction of sp³-hybridized carbons (Fsp3) is 0.444. The standard InChI is InChI=1S/C27H32Cl2N6O/c28-23-10-9-21(17-24(23)29)22-18-30-12-11-25(22)35-16-6-15-33(27(35)36)13-4-5-14-34-19-31-32-26(34)20-7-2-1-3-8-20/h1-3,7-10,17,19,22,25,30H,4-6,11-16,18H2. The third-order valence-electron chi connectivity index (χ3n) is 7.29. The molecule has 2 saturated heterocycles. The molecule has 7 nitrogen and oxygen atoms in total. The molecule has 2 aliphatic rings. The Morgan fingerprint density at radius 1 is 1.00 bits per heavy atom. The van der Waals surface area contributed by atoms with E-state index in [9.17, 15) is 4.79 Å². The SMILES string of the molecule is O=C1N(CCCCn2cnnc2-c2ccccc2)CCCN1C1CCNCC1c1ccc(Cl)c(Cl)c1. The minimum atomic E-state index is 0.157. The lowest BCUT2D eigenvalue weighted by atomic mass is 9.85. The van der Waals surface area contributed by atoms with Gasteiger partial charge in [0.1, 0.15) is 6.33 Å². The highest BCUT2D eigenvalue weighted by molar-refractivity contribution is 6.42. The summed E-state index contributed by atoms with van der Waals surface area (Å²) in [7, 11) is 0. The summed E-state index contributed by atoms with van der Waals surface area (Å²) < 4.78 is 2.09. The van der Waals surface area contributed by atoms with Gasteiger partial charge in [-0.2, -0.15) is 0 Å². The zero-order valence-electron chi connectivity index (χ0n) is 20.3. The van der Waals surface area contributed by atoms with Gasteiger partial charge < -0.3 is 19.7 Å². The number of urea groups is 1. The zero-order valence-corrected chi connectivity index (χ0v) is 21.8. The maximum Gasteiger partial charge on any atom is 0.320 e. The number of aryl methyl sites for hydroxylation is 1. The Hall–Kier alpha value is -2.61. The number of nitrogens with zero attached hydrogens (tertiary/aromatic N) is 5. The number of aromatic nitrogens is 3. The van der Waals surface area contributed by atoms with Gasteiger partial charge in [-0.1, -0.05) is 59.6 Å². The van der Waals surface area contributed by atoms with E-state index < -0.39 is 0 Å². The van der Waals surface area contributed by atoms with E-state index in [-0.39, 0.29) is 18.0 Å². The highest BCUT2D eigenvalue weighted by Crippen LogP contribution is 2.33. The molecule has 190 valence electrons.